The molecule has 0 saturated heterocycles. The van der Waals surface area contributed by atoms with Crippen LogP contribution in [0.25, 0.3) is 0 Å². The topological polar surface area (TPSA) is 79.6 Å². The summed E-state index contributed by atoms with van der Waals surface area (Å²) in [5.41, 5.74) is 2.70. The molecule has 0 N–H and O–H groups in total. The van der Waals surface area contributed by atoms with Gasteiger partial charge in [-0.25, -0.2) is 0 Å². The molecule has 0 saturated carbocycles. The molecule has 0 spiro atoms. The molecule has 1 unspecified atom stereocenters. The summed E-state index contributed by atoms with van der Waals surface area (Å²) in [7, 11) is 3.12. The van der Waals surface area contributed by atoms with Crippen molar-refractivity contribution < 1.29 is 19.1 Å². The number of amides is 1. The highest BCUT2D eigenvalue weighted by Crippen LogP contribution is 2.50. The van der Waals surface area contributed by atoms with E-state index in [0.29, 0.717) is 46.9 Å². The van der Waals surface area contributed by atoms with Crippen LogP contribution in [0.4, 0.5) is 5.69 Å². The second-order valence-corrected chi connectivity index (χ2v) is 9.00. The predicted octanol–water partition coefficient (Wildman–Crippen LogP) is 4.74. The van der Waals surface area contributed by atoms with Gasteiger partial charge < -0.3 is 9.47 Å². The van der Waals surface area contributed by atoms with E-state index in [1.807, 2.05) is 26.0 Å². The molecule has 1 aliphatic heterocycles. The van der Waals surface area contributed by atoms with Crippen LogP contribution in [-0.4, -0.2) is 25.9 Å². The first-order valence-electron chi connectivity index (χ1n) is 10.6. The van der Waals surface area contributed by atoms with E-state index in [0.717, 1.165) is 5.56 Å². The first kappa shape index (κ1) is 21.6. The third-order valence-electron chi connectivity index (χ3n) is 6.22. The van der Waals surface area contributed by atoms with Crippen LogP contribution in [0.1, 0.15) is 50.2 Å². The van der Waals surface area contributed by atoms with E-state index in [9.17, 15) is 14.9 Å². The molecule has 2 aromatic carbocycles. The van der Waals surface area contributed by atoms with Gasteiger partial charge in [0.1, 0.15) is 6.07 Å². The lowest BCUT2D eigenvalue weighted by atomic mass is 9.69. The van der Waals surface area contributed by atoms with E-state index in [2.05, 4.69) is 6.07 Å². The first-order valence-corrected chi connectivity index (χ1v) is 10.6. The van der Waals surface area contributed by atoms with Crippen molar-refractivity contribution >= 4 is 17.4 Å². The molecule has 0 bridgehead atoms. The molecule has 1 heterocycles. The van der Waals surface area contributed by atoms with Crippen molar-refractivity contribution in [1.29, 1.82) is 5.26 Å². The van der Waals surface area contributed by atoms with Crippen LogP contribution < -0.4 is 14.4 Å². The third-order valence-corrected chi connectivity index (χ3v) is 6.22. The van der Waals surface area contributed by atoms with E-state index >= 15 is 0 Å². The van der Waals surface area contributed by atoms with Gasteiger partial charge in [0.2, 0.25) is 5.91 Å². The number of Topliss-reactive ketones (excluding diaryl/α,β-unsaturated/α-hetero) is 1. The number of carbonyl (C=O) groups is 2. The molecule has 2 aliphatic rings. The normalized spacial score (nSPS) is 20.0. The highest BCUT2D eigenvalue weighted by Gasteiger charge is 2.45. The zero-order valence-corrected chi connectivity index (χ0v) is 18.8. The van der Waals surface area contributed by atoms with Gasteiger partial charge in [-0.2, -0.15) is 5.26 Å². The Labute approximate surface area is 188 Å². The largest absolute Gasteiger partial charge is 0.493 e. The number of para-hydroxylation sites is 2. The molecule has 0 aromatic heterocycles. The second kappa shape index (κ2) is 8.16. The Hall–Kier alpha value is -3.59. The monoisotopic (exact) mass is 430 g/mol. The minimum atomic E-state index is -0.434. The number of nitrogens with zero attached hydrogens (tertiary/aromatic N) is 2. The number of ketones is 1. The number of anilines is 1. The lowest BCUT2D eigenvalue weighted by Gasteiger charge is -2.43. The number of ether oxygens (including phenoxy) is 2. The summed E-state index contributed by atoms with van der Waals surface area (Å²) in [6, 6.07) is 14.7. The van der Waals surface area contributed by atoms with Gasteiger partial charge in [0.15, 0.2) is 17.3 Å². The predicted molar refractivity (Wildman–Crippen MR) is 121 cm³/mol. The van der Waals surface area contributed by atoms with Crippen LogP contribution in [0, 0.1) is 16.7 Å². The van der Waals surface area contributed by atoms with Crippen molar-refractivity contribution in [1.82, 2.24) is 0 Å². The van der Waals surface area contributed by atoms with Crippen LogP contribution in [0.5, 0.6) is 11.5 Å². The maximum Gasteiger partial charge on any atom is 0.232 e. The van der Waals surface area contributed by atoms with Crippen LogP contribution in [0.15, 0.2) is 53.7 Å². The summed E-state index contributed by atoms with van der Waals surface area (Å²) in [5.74, 6) is 0.533. The summed E-state index contributed by atoms with van der Waals surface area (Å²) < 4.78 is 11.1. The van der Waals surface area contributed by atoms with Crippen LogP contribution in [-0.2, 0) is 9.59 Å². The fourth-order valence-electron chi connectivity index (χ4n) is 4.91. The smallest absolute Gasteiger partial charge is 0.232 e. The summed E-state index contributed by atoms with van der Waals surface area (Å²) in [5, 5.41) is 9.64. The van der Waals surface area contributed by atoms with Gasteiger partial charge in [-0.1, -0.05) is 38.1 Å². The Kier molecular flexibility index (Phi) is 5.52. The molecule has 6 heteroatoms. The van der Waals surface area contributed by atoms with Gasteiger partial charge in [-0.3, -0.25) is 14.5 Å². The molecule has 4 rings (SSSR count). The fraction of sp³-hybridized carbons (Fsp3) is 0.346. The number of hydrogen-bond acceptors (Lipinski definition) is 5. The van der Waals surface area contributed by atoms with Gasteiger partial charge >= 0.3 is 0 Å². The Balaban J connectivity index is 1.97. The molecule has 1 amide bonds. The van der Waals surface area contributed by atoms with Crippen LogP contribution in [0.3, 0.4) is 0 Å². The van der Waals surface area contributed by atoms with E-state index in [1.165, 1.54) is 0 Å². The first-order chi connectivity index (χ1) is 15.3. The summed E-state index contributed by atoms with van der Waals surface area (Å²) in [6.45, 7) is 4.06. The minimum Gasteiger partial charge on any atom is -0.493 e. The molecule has 2 aromatic rings. The summed E-state index contributed by atoms with van der Waals surface area (Å²) in [6.07, 6.45) is 1.06. The Morgan fingerprint density at radius 1 is 1.03 bits per heavy atom. The van der Waals surface area contributed by atoms with Crippen molar-refractivity contribution in [3.63, 3.8) is 0 Å². The number of rotatable bonds is 4. The fourth-order valence-corrected chi connectivity index (χ4v) is 4.91. The molecule has 1 atom stereocenters. The summed E-state index contributed by atoms with van der Waals surface area (Å²) >= 11 is 0. The van der Waals surface area contributed by atoms with E-state index in [1.54, 1.807) is 49.5 Å². The van der Waals surface area contributed by atoms with Crippen molar-refractivity contribution in [3.05, 3.63) is 64.9 Å². The van der Waals surface area contributed by atoms with Gasteiger partial charge in [0.25, 0.3) is 0 Å². The second-order valence-electron chi connectivity index (χ2n) is 9.00. The van der Waals surface area contributed by atoms with Gasteiger partial charge in [-0.15, -0.1) is 0 Å². The molecule has 6 nitrogen and oxygen atoms in total. The molecule has 0 fully saturated rings. The van der Waals surface area contributed by atoms with E-state index in [4.69, 9.17) is 9.47 Å². The Bertz CT molecular complexity index is 1170. The molecule has 32 heavy (non-hydrogen) atoms. The average molecular weight is 431 g/mol. The number of allylic oxidation sites excluding steroid dienone is 2. The maximum absolute atomic E-state index is 13.6. The lowest BCUT2D eigenvalue weighted by molar-refractivity contribution is -0.121. The molecular formula is C26H26N2O4. The number of hydrogen-bond donors (Lipinski definition) is 0. The molecular weight excluding hydrogens is 404 g/mol. The Morgan fingerprint density at radius 2 is 1.78 bits per heavy atom. The van der Waals surface area contributed by atoms with Crippen molar-refractivity contribution in [2.24, 2.45) is 5.41 Å². The van der Waals surface area contributed by atoms with Crippen molar-refractivity contribution in [2.45, 2.75) is 39.0 Å². The zero-order valence-electron chi connectivity index (χ0n) is 18.8. The quantitative estimate of drug-likeness (QED) is 0.700. The molecule has 0 radical (unpaired) electrons. The van der Waals surface area contributed by atoms with Crippen molar-refractivity contribution in [3.8, 4) is 17.6 Å². The highest BCUT2D eigenvalue weighted by molar-refractivity contribution is 6.08. The molecule has 164 valence electrons. The SMILES string of the molecule is COc1cccc(C2CC(=O)N(c3ccccc3C#N)C3=C2C(=O)CC(C)(C)C3)c1OC. The van der Waals surface area contributed by atoms with Crippen molar-refractivity contribution in [2.75, 3.05) is 19.1 Å². The van der Waals surface area contributed by atoms with E-state index < -0.39 is 5.92 Å². The van der Waals surface area contributed by atoms with Crippen LogP contribution in [0.2, 0.25) is 0 Å². The van der Waals surface area contributed by atoms with E-state index in [-0.39, 0.29) is 23.5 Å². The zero-order chi connectivity index (χ0) is 23.0. The Morgan fingerprint density at radius 3 is 2.47 bits per heavy atom. The van der Waals surface area contributed by atoms with Gasteiger partial charge in [0.05, 0.1) is 25.5 Å². The van der Waals surface area contributed by atoms with Crippen LogP contribution >= 0.6 is 0 Å². The van der Waals surface area contributed by atoms with Gasteiger partial charge in [0, 0.05) is 35.6 Å². The highest BCUT2D eigenvalue weighted by atomic mass is 16.5. The number of nitriles is 1. The standard InChI is InChI=1S/C26H26N2O4/c1-26(2)13-20-24(21(29)14-26)18(17-9-7-11-22(31-3)25(17)32-4)12-23(30)28(20)19-10-6-5-8-16(19)15-27/h5-11,18H,12-14H2,1-4H3. The number of benzene rings is 2. The number of carbonyl (C=O) groups excluding carboxylic acids is 2. The lowest BCUT2D eigenvalue weighted by Crippen LogP contribution is -2.44. The molecule has 1 aliphatic carbocycles. The maximum atomic E-state index is 13.6. The third kappa shape index (κ3) is 3.54. The van der Waals surface area contributed by atoms with Gasteiger partial charge in [-0.05, 0) is 30.0 Å². The average Bonchev–Trinajstić information content (AvgIpc) is 2.77. The summed E-state index contributed by atoms with van der Waals surface area (Å²) in [4.78, 5) is 28.7. The number of methoxy groups -OCH3 is 2. The minimum absolute atomic E-state index is 0.0260.